The maximum absolute atomic E-state index is 12.8. The number of amides is 1. The highest BCUT2D eigenvalue weighted by Crippen LogP contribution is 2.24. The monoisotopic (exact) mass is 443 g/mol. The number of hydrogen-bond acceptors (Lipinski definition) is 4. The number of sulfonamides is 1. The van der Waals surface area contributed by atoms with E-state index in [4.69, 9.17) is 0 Å². The van der Waals surface area contributed by atoms with Gasteiger partial charge in [0, 0.05) is 44.3 Å². The molecule has 0 aliphatic carbocycles. The maximum atomic E-state index is 12.8. The van der Waals surface area contributed by atoms with E-state index in [1.807, 2.05) is 31.2 Å². The van der Waals surface area contributed by atoms with Crippen LogP contribution in [-0.4, -0.2) is 44.8 Å². The number of rotatable bonds is 8. The Morgan fingerprint density at radius 1 is 1.00 bits per heavy atom. The summed E-state index contributed by atoms with van der Waals surface area (Å²) in [5.74, 6) is -0.153. The lowest BCUT2D eigenvalue weighted by Gasteiger charge is -2.30. The van der Waals surface area contributed by atoms with Gasteiger partial charge in [0.25, 0.3) is 0 Å². The van der Waals surface area contributed by atoms with Crippen LogP contribution >= 0.6 is 0 Å². The molecule has 31 heavy (non-hydrogen) atoms. The van der Waals surface area contributed by atoms with Crippen LogP contribution in [0.3, 0.4) is 0 Å². The van der Waals surface area contributed by atoms with Crippen molar-refractivity contribution in [3.05, 3.63) is 59.7 Å². The molecule has 1 fully saturated rings. The normalized spacial score (nSPS) is 15.6. The van der Waals surface area contributed by atoms with E-state index >= 15 is 0 Å². The van der Waals surface area contributed by atoms with Crippen LogP contribution in [-0.2, 0) is 21.4 Å². The smallest absolute Gasteiger partial charge is 0.243 e. The van der Waals surface area contributed by atoms with E-state index in [-0.39, 0.29) is 11.8 Å². The highest BCUT2D eigenvalue weighted by atomic mass is 32.2. The fourth-order valence-corrected chi connectivity index (χ4v) is 5.43. The van der Waals surface area contributed by atoms with Gasteiger partial charge in [0.2, 0.25) is 15.9 Å². The van der Waals surface area contributed by atoms with Crippen molar-refractivity contribution < 1.29 is 13.2 Å². The van der Waals surface area contributed by atoms with Crippen molar-refractivity contribution in [2.75, 3.05) is 31.1 Å². The zero-order valence-corrected chi connectivity index (χ0v) is 19.5. The zero-order chi connectivity index (χ0) is 22.4. The summed E-state index contributed by atoms with van der Waals surface area (Å²) in [5, 5.41) is 3.02. The van der Waals surface area contributed by atoms with Crippen LogP contribution in [0.15, 0.2) is 53.4 Å². The number of carbonyl (C=O) groups is 1. The van der Waals surface area contributed by atoms with Gasteiger partial charge in [0.05, 0.1) is 4.90 Å². The van der Waals surface area contributed by atoms with Gasteiger partial charge in [-0.25, -0.2) is 8.42 Å². The van der Waals surface area contributed by atoms with Crippen molar-refractivity contribution in [1.82, 2.24) is 9.62 Å². The average molecular weight is 444 g/mol. The molecule has 168 valence electrons. The summed E-state index contributed by atoms with van der Waals surface area (Å²) in [6, 6.07) is 15.2. The molecule has 0 aromatic heterocycles. The molecule has 0 bridgehead atoms. The highest BCUT2D eigenvalue weighted by molar-refractivity contribution is 7.89. The molecule has 0 spiro atoms. The first-order valence-corrected chi connectivity index (χ1v) is 12.5. The molecule has 6 nitrogen and oxygen atoms in total. The van der Waals surface area contributed by atoms with E-state index in [0.29, 0.717) is 37.4 Å². The molecular weight excluding hydrogens is 410 g/mol. The van der Waals surface area contributed by atoms with Crippen molar-refractivity contribution in [3.63, 3.8) is 0 Å². The number of hydrogen-bond donors (Lipinski definition) is 1. The third kappa shape index (κ3) is 5.66. The molecule has 1 heterocycles. The number of anilines is 1. The maximum Gasteiger partial charge on any atom is 0.243 e. The molecule has 0 unspecified atom stereocenters. The second-order valence-electron chi connectivity index (χ2n) is 8.05. The molecule has 1 amide bonds. The first-order chi connectivity index (χ1) is 14.8. The van der Waals surface area contributed by atoms with Crippen LogP contribution < -0.4 is 10.2 Å². The average Bonchev–Trinajstić information content (AvgIpc) is 2.79. The number of nitrogens with zero attached hydrogens (tertiary/aromatic N) is 2. The number of benzene rings is 2. The number of piperidine rings is 1. The lowest BCUT2D eigenvalue weighted by Crippen LogP contribution is -2.42. The standard InChI is InChI=1S/C24H33N3O3S/c1-4-26(5-2)22-10-8-20(9-11-22)18-25-24(28)21-14-16-27(17-15-21)31(29,30)23-12-6-19(3)7-13-23/h6-13,21H,4-5,14-18H2,1-3H3,(H,25,28). The SMILES string of the molecule is CCN(CC)c1ccc(CNC(=O)C2CCN(S(=O)(=O)c3ccc(C)cc3)CC2)cc1. The summed E-state index contributed by atoms with van der Waals surface area (Å²) < 4.78 is 27.1. The Bertz CT molecular complexity index is 960. The van der Waals surface area contributed by atoms with E-state index in [1.165, 1.54) is 9.99 Å². The predicted molar refractivity (Wildman–Crippen MR) is 125 cm³/mol. The second kappa shape index (κ2) is 10.3. The summed E-state index contributed by atoms with van der Waals surface area (Å²) in [6.45, 7) is 9.35. The van der Waals surface area contributed by atoms with Gasteiger partial charge in [-0.15, -0.1) is 0 Å². The van der Waals surface area contributed by atoms with Crippen molar-refractivity contribution in [3.8, 4) is 0 Å². The third-order valence-electron chi connectivity index (χ3n) is 6.02. The van der Waals surface area contributed by atoms with Crippen LogP contribution in [0.5, 0.6) is 0 Å². The van der Waals surface area contributed by atoms with Gasteiger partial charge < -0.3 is 10.2 Å². The van der Waals surface area contributed by atoms with E-state index in [0.717, 1.165) is 24.2 Å². The van der Waals surface area contributed by atoms with Crippen LogP contribution in [0, 0.1) is 12.8 Å². The summed E-state index contributed by atoms with van der Waals surface area (Å²) in [7, 11) is -3.50. The first kappa shape index (κ1) is 23.3. The Morgan fingerprint density at radius 3 is 2.13 bits per heavy atom. The van der Waals surface area contributed by atoms with Gasteiger partial charge in [0.15, 0.2) is 0 Å². The Balaban J connectivity index is 1.50. The highest BCUT2D eigenvalue weighted by Gasteiger charge is 2.31. The van der Waals surface area contributed by atoms with Gasteiger partial charge in [0.1, 0.15) is 0 Å². The van der Waals surface area contributed by atoms with E-state index < -0.39 is 10.0 Å². The number of nitrogens with one attached hydrogen (secondary N) is 1. The molecule has 2 aromatic carbocycles. The second-order valence-corrected chi connectivity index (χ2v) is 9.99. The molecule has 0 radical (unpaired) electrons. The van der Waals surface area contributed by atoms with Crippen LogP contribution in [0.25, 0.3) is 0 Å². The topological polar surface area (TPSA) is 69.7 Å². The van der Waals surface area contributed by atoms with Gasteiger partial charge in [-0.05, 0) is 63.4 Å². The lowest BCUT2D eigenvalue weighted by atomic mass is 9.97. The van der Waals surface area contributed by atoms with Crippen molar-refractivity contribution in [2.24, 2.45) is 5.92 Å². The molecule has 1 aliphatic heterocycles. The Hall–Kier alpha value is -2.38. The summed E-state index contributed by atoms with van der Waals surface area (Å²) >= 11 is 0. The Kier molecular flexibility index (Phi) is 7.73. The largest absolute Gasteiger partial charge is 0.372 e. The van der Waals surface area contributed by atoms with Crippen LogP contribution in [0.1, 0.15) is 37.8 Å². The zero-order valence-electron chi connectivity index (χ0n) is 18.7. The lowest BCUT2D eigenvalue weighted by molar-refractivity contribution is -0.126. The minimum absolute atomic E-state index is 0.000188. The minimum atomic E-state index is -3.50. The van der Waals surface area contributed by atoms with Gasteiger partial charge >= 0.3 is 0 Å². The number of aryl methyl sites for hydroxylation is 1. The predicted octanol–water partition coefficient (Wildman–Crippen LogP) is 3.56. The van der Waals surface area contributed by atoms with Crippen LogP contribution in [0.2, 0.25) is 0 Å². The first-order valence-electron chi connectivity index (χ1n) is 11.0. The Labute approximate surface area is 186 Å². The molecule has 1 saturated heterocycles. The quantitative estimate of drug-likeness (QED) is 0.677. The number of carbonyl (C=O) groups excluding carboxylic acids is 1. The molecule has 1 N–H and O–H groups in total. The third-order valence-corrected chi connectivity index (χ3v) is 7.93. The molecule has 7 heteroatoms. The molecule has 3 rings (SSSR count). The van der Waals surface area contributed by atoms with Crippen molar-refractivity contribution in [2.45, 2.75) is 45.1 Å². The van der Waals surface area contributed by atoms with Crippen molar-refractivity contribution in [1.29, 1.82) is 0 Å². The molecular formula is C24H33N3O3S. The molecule has 0 atom stereocenters. The Morgan fingerprint density at radius 2 is 1.58 bits per heavy atom. The van der Waals surface area contributed by atoms with Gasteiger partial charge in [-0.3, -0.25) is 4.79 Å². The molecule has 0 saturated carbocycles. The van der Waals surface area contributed by atoms with E-state index in [9.17, 15) is 13.2 Å². The molecule has 2 aromatic rings. The van der Waals surface area contributed by atoms with E-state index in [1.54, 1.807) is 12.1 Å². The van der Waals surface area contributed by atoms with Gasteiger partial charge in [-0.2, -0.15) is 4.31 Å². The minimum Gasteiger partial charge on any atom is -0.372 e. The summed E-state index contributed by atoms with van der Waals surface area (Å²) in [4.78, 5) is 15.2. The molecule has 1 aliphatic rings. The summed E-state index contributed by atoms with van der Waals surface area (Å²) in [6.07, 6.45) is 1.08. The van der Waals surface area contributed by atoms with E-state index in [2.05, 4.69) is 36.2 Å². The van der Waals surface area contributed by atoms with Crippen LogP contribution in [0.4, 0.5) is 5.69 Å². The summed E-state index contributed by atoms with van der Waals surface area (Å²) in [5.41, 5.74) is 3.27. The van der Waals surface area contributed by atoms with Gasteiger partial charge in [-0.1, -0.05) is 29.8 Å². The fourth-order valence-electron chi connectivity index (χ4n) is 3.96. The van der Waals surface area contributed by atoms with Crippen molar-refractivity contribution >= 4 is 21.6 Å². The fraction of sp³-hybridized carbons (Fsp3) is 0.458.